The van der Waals surface area contributed by atoms with E-state index in [1.165, 1.54) is 6.07 Å². The second-order valence-electron chi connectivity index (χ2n) is 3.35. The van der Waals surface area contributed by atoms with E-state index in [0.717, 1.165) is 4.47 Å². The Labute approximate surface area is 111 Å². The van der Waals surface area contributed by atoms with Crippen molar-refractivity contribution in [2.75, 3.05) is 0 Å². The number of aromatic amines is 1. The molecule has 0 unspecified atom stereocenters. The Morgan fingerprint density at radius 3 is 2.88 bits per heavy atom. The zero-order chi connectivity index (χ0) is 12.4. The highest BCUT2D eigenvalue weighted by atomic mass is 79.9. The van der Waals surface area contributed by atoms with Gasteiger partial charge < -0.3 is 9.72 Å². The molecule has 0 saturated heterocycles. The fourth-order valence-electron chi connectivity index (χ4n) is 1.27. The van der Waals surface area contributed by atoms with Gasteiger partial charge >= 0.3 is 0 Å². The minimum absolute atomic E-state index is 0.214. The summed E-state index contributed by atoms with van der Waals surface area (Å²) in [6.45, 7) is 1.68. The molecule has 0 fully saturated rings. The molecule has 6 heteroatoms. The van der Waals surface area contributed by atoms with Crippen LogP contribution in [0.5, 0.6) is 11.6 Å². The molecule has 17 heavy (non-hydrogen) atoms. The summed E-state index contributed by atoms with van der Waals surface area (Å²) >= 11 is 9.28. The molecule has 0 spiro atoms. The lowest BCUT2D eigenvalue weighted by Crippen LogP contribution is -2.08. The Balaban J connectivity index is 2.37. The van der Waals surface area contributed by atoms with Gasteiger partial charge in [-0.1, -0.05) is 27.5 Å². The zero-order valence-corrected chi connectivity index (χ0v) is 11.2. The fraction of sp³-hybridized carbons (Fsp3) is 0.0909. The molecule has 4 nitrogen and oxygen atoms in total. The van der Waals surface area contributed by atoms with Crippen LogP contribution in [0.4, 0.5) is 0 Å². The Bertz CT molecular complexity index is 613. The number of H-pyrrole nitrogens is 1. The highest BCUT2D eigenvalue weighted by Crippen LogP contribution is 2.30. The highest BCUT2D eigenvalue weighted by molar-refractivity contribution is 9.10. The second kappa shape index (κ2) is 4.89. The van der Waals surface area contributed by atoms with Crippen LogP contribution in [0, 0.1) is 6.92 Å². The molecular weight excluding hydrogens is 307 g/mol. The van der Waals surface area contributed by atoms with Crippen LogP contribution in [-0.4, -0.2) is 9.97 Å². The van der Waals surface area contributed by atoms with E-state index in [1.807, 2.05) is 0 Å². The van der Waals surface area contributed by atoms with Crippen molar-refractivity contribution >= 4 is 27.5 Å². The van der Waals surface area contributed by atoms with E-state index in [-0.39, 0.29) is 11.4 Å². The highest BCUT2D eigenvalue weighted by Gasteiger charge is 2.06. The topological polar surface area (TPSA) is 55.0 Å². The minimum atomic E-state index is -0.265. The van der Waals surface area contributed by atoms with Crippen LogP contribution >= 0.6 is 27.5 Å². The molecule has 0 aliphatic carbocycles. The first-order chi connectivity index (χ1) is 8.04. The Morgan fingerprint density at radius 2 is 2.18 bits per heavy atom. The van der Waals surface area contributed by atoms with E-state index in [4.69, 9.17) is 16.3 Å². The molecular formula is C11H8BrClN2O2. The van der Waals surface area contributed by atoms with Crippen LogP contribution in [-0.2, 0) is 0 Å². The molecule has 1 aromatic heterocycles. The van der Waals surface area contributed by atoms with Crippen molar-refractivity contribution < 1.29 is 4.74 Å². The number of nitrogens with zero attached hydrogens (tertiary/aromatic N) is 1. The standard InChI is InChI=1S/C11H8BrClN2O2/c1-6-14-10(16)5-11(15-6)17-9-4-7(12)2-3-8(9)13/h2-5H,1H3,(H,14,15,16). The first-order valence-electron chi connectivity index (χ1n) is 4.75. The van der Waals surface area contributed by atoms with Gasteiger partial charge in [-0.2, -0.15) is 0 Å². The van der Waals surface area contributed by atoms with Gasteiger partial charge in [0.15, 0.2) is 0 Å². The molecule has 0 amide bonds. The van der Waals surface area contributed by atoms with Crippen LogP contribution < -0.4 is 10.3 Å². The van der Waals surface area contributed by atoms with Crippen molar-refractivity contribution in [1.82, 2.24) is 9.97 Å². The fourth-order valence-corrected chi connectivity index (χ4v) is 1.77. The average Bonchev–Trinajstić information content (AvgIpc) is 2.22. The second-order valence-corrected chi connectivity index (χ2v) is 4.67. The van der Waals surface area contributed by atoms with Gasteiger partial charge in [0.25, 0.3) is 5.56 Å². The smallest absolute Gasteiger partial charge is 0.254 e. The van der Waals surface area contributed by atoms with Crippen molar-refractivity contribution in [2.24, 2.45) is 0 Å². The van der Waals surface area contributed by atoms with Crippen molar-refractivity contribution in [3.63, 3.8) is 0 Å². The molecule has 0 bridgehead atoms. The maximum Gasteiger partial charge on any atom is 0.254 e. The van der Waals surface area contributed by atoms with Crippen LogP contribution in [0.2, 0.25) is 5.02 Å². The Kier molecular flexibility index (Phi) is 3.49. The summed E-state index contributed by atoms with van der Waals surface area (Å²) in [6.07, 6.45) is 0. The number of hydrogen-bond donors (Lipinski definition) is 1. The van der Waals surface area contributed by atoms with E-state index in [0.29, 0.717) is 16.6 Å². The van der Waals surface area contributed by atoms with Gasteiger partial charge in [0.1, 0.15) is 11.6 Å². The van der Waals surface area contributed by atoms with Crippen molar-refractivity contribution in [3.8, 4) is 11.6 Å². The predicted octanol–water partition coefficient (Wildman–Crippen LogP) is 3.29. The van der Waals surface area contributed by atoms with Crippen molar-refractivity contribution in [1.29, 1.82) is 0 Å². The molecule has 2 aromatic rings. The zero-order valence-electron chi connectivity index (χ0n) is 8.83. The summed E-state index contributed by atoms with van der Waals surface area (Å²) in [5.41, 5.74) is -0.265. The number of rotatable bonds is 2. The maximum absolute atomic E-state index is 11.2. The number of hydrogen-bond acceptors (Lipinski definition) is 3. The molecule has 0 aliphatic rings. The van der Waals surface area contributed by atoms with Gasteiger partial charge in [0, 0.05) is 4.47 Å². The normalized spacial score (nSPS) is 10.3. The summed E-state index contributed by atoms with van der Waals surface area (Å²) in [5, 5.41) is 0.452. The third kappa shape index (κ3) is 3.08. The quantitative estimate of drug-likeness (QED) is 0.925. The first-order valence-corrected chi connectivity index (χ1v) is 5.92. The molecule has 0 atom stereocenters. The lowest BCUT2D eigenvalue weighted by molar-refractivity contribution is 0.458. The maximum atomic E-state index is 11.2. The Hall–Kier alpha value is -1.33. The Morgan fingerprint density at radius 1 is 1.41 bits per heavy atom. The average molecular weight is 316 g/mol. The van der Waals surface area contributed by atoms with Gasteiger partial charge in [-0.05, 0) is 25.1 Å². The van der Waals surface area contributed by atoms with Gasteiger partial charge in [-0.3, -0.25) is 4.79 Å². The van der Waals surface area contributed by atoms with Crippen LogP contribution in [0.3, 0.4) is 0 Å². The van der Waals surface area contributed by atoms with Gasteiger partial charge in [0.2, 0.25) is 5.88 Å². The number of halogens is 2. The summed E-state index contributed by atoms with van der Waals surface area (Å²) in [5.74, 6) is 1.14. The van der Waals surface area contributed by atoms with Crippen molar-refractivity contribution in [3.05, 3.63) is 49.9 Å². The molecule has 1 N–H and O–H groups in total. The van der Waals surface area contributed by atoms with E-state index in [2.05, 4.69) is 25.9 Å². The summed E-state index contributed by atoms with van der Waals surface area (Å²) in [7, 11) is 0. The molecule has 2 rings (SSSR count). The number of ether oxygens (including phenoxy) is 1. The van der Waals surface area contributed by atoms with E-state index in [9.17, 15) is 4.79 Å². The van der Waals surface area contributed by atoms with Crippen LogP contribution in [0.1, 0.15) is 5.82 Å². The SMILES string of the molecule is Cc1nc(Oc2cc(Br)ccc2Cl)cc(=O)[nH]1. The number of benzene rings is 1. The summed E-state index contributed by atoms with van der Waals surface area (Å²) < 4.78 is 6.29. The lowest BCUT2D eigenvalue weighted by atomic mass is 10.3. The lowest BCUT2D eigenvalue weighted by Gasteiger charge is -2.07. The largest absolute Gasteiger partial charge is 0.437 e. The van der Waals surface area contributed by atoms with E-state index < -0.39 is 0 Å². The third-order valence-electron chi connectivity index (χ3n) is 1.94. The van der Waals surface area contributed by atoms with Gasteiger partial charge in [0.05, 0.1) is 11.1 Å². The van der Waals surface area contributed by atoms with Crippen molar-refractivity contribution in [2.45, 2.75) is 6.92 Å². The third-order valence-corrected chi connectivity index (χ3v) is 2.75. The molecule has 0 aliphatic heterocycles. The molecule has 0 saturated carbocycles. The summed E-state index contributed by atoms with van der Waals surface area (Å²) in [4.78, 5) is 17.8. The number of aryl methyl sites for hydroxylation is 1. The van der Waals surface area contributed by atoms with E-state index in [1.54, 1.807) is 25.1 Å². The number of aromatic nitrogens is 2. The minimum Gasteiger partial charge on any atom is -0.437 e. The monoisotopic (exact) mass is 314 g/mol. The summed E-state index contributed by atoms with van der Waals surface area (Å²) in [6, 6.07) is 6.47. The van der Waals surface area contributed by atoms with Gasteiger partial charge in [-0.25, -0.2) is 4.98 Å². The molecule has 88 valence electrons. The number of nitrogens with one attached hydrogen (secondary N) is 1. The van der Waals surface area contributed by atoms with Crippen LogP contribution in [0.25, 0.3) is 0 Å². The first kappa shape index (κ1) is 12.1. The van der Waals surface area contributed by atoms with Crippen LogP contribution in [0.15, 0.2) is 33.5 Å². The molecule has 0 radical (unpaired) electrons. The molecule has 1 aromatic carbocycles. The predicted molar refractivity (Wildman–Crippen MR) is 68.8 cm³/mol. The van der Waals surface area contributed by atoms with E-state index >= 15 is 0 Å². The molecule has 1 heterocycles. The van der Waals surface area contributed by atoms with Gasteiger partial charge in [-0.15, -0.1) is 0 Å².